The molecule has 0 radical (unpaired) electrons. The molecule has 3 rings (SSSR count). The van der Waals surface area contributed by atoms with Crippen molar-refractivity contribution in [2.75, 3.05) is 5.32 Å². The number of rotatable bonds is 6. The molecule has 1 amide bonds. The molecule has 0 fully saturated rings. The van der Waals surface area contributed by atoms with E-state index in [4.69, 9.17) is 0 Å². The molecule has 0 aliphatic carbocycles. The van der Waals surface area contributed by atoms with Crippen LogP contribution in [-0.4, -0.2) is 10.9 Å². The molecule has 0 bridgehead atoms. The number of anilines is 1. The Morgan fingerprint density at radius 3 is 2.59 bits per heavy atom. The maximum absolute atomic E-state index is 11.8. The van der Waals surface area contributed by atoms with E-state index in [1.54, 1.807) is 11.3 Å². The molecule has 3 nitrogen and oxygen atoms in total. The van der Waals surface area contributed by atoms with E-state index in [0.29, 0.717) is 6.42 Å². The molecule has 4 heteroatoms. The highest BCUT2D eigenvalue weighted by molar-refractivity contribution is 7.18. The normalized spacial score (nSPS) is 10.7. The Balaban J connectivity index is 1.42. The first-order chi connectivity index (χ1) is 10.8. The lowest BCUT2D eigenvalue weighted by atomic mass is 10.2. The van der Waals surface area contributed by atoms with Gasteiger partial charge >= 0.3 is 0 Å². The fourth-order valence-corrected chi connectivity index (χ4v) is 3.34. The number of fused-ring (bicyclic) bond motifs is 1. The molecule has 0 saturated heterocycles. The molecule has 22 heavy (non-hydrogen) atoms. The minimum Gasteiger partial charge on any atom is -0.326 e. The number of hydrogen-bond acceptors (Lipinski definition) is 3. The summed E-state index contributed by atoms with van der Waals surface area (Å²) >= 11 is 1.75. The van der Waals surface area contributed by atoms with Crippen LogP contribution in [0, 0.1) is 0 Å². The molecule has 1 heterocycles. The second kappa shape index (κ2) is 7.18. The molecule has 0 atom stereocenters. The Morgan fingerprint density at radius 2 is 1.77 bits per heavy atom. The quantitative estimate of drug-likeness (QED) is 0.673. The van der Waals surface area contributed by atoms with Crippen LogP contribution in [0.4, 0.5) is 5.69 Å². The van der Waals surface area contributed by atoms with E-state index in [1.807, 2.05) is 48.5 Å². The number of nitrogens with one attached hydrogen (secondary N) is 1. The number of aryl methyl sites for hydroxylation is 1. The van der Waals surface area contributed by atoms with Gasteiger partial charge < -0.3 is 5.32 Å². The highest BCUT2D eigenvalue weighted by Gasteiger charge is 2.05. The standard InChI is InChI=1S/C18H18N2OS/c21-17(19-14-8-2-1-3-9-14)12-6-7-13-18-20-15-10-4-5-11-16(15)22-18/h1-5,8-11H,6-7,12-13H2,(H,19,21). The zero-order chi connectivity index (χ0) is 15.2. The van der Waals surface area contributed by atoms with Crippen LogP contribution in [0.15, 0.2) is 54.6 Å². The van der Waals surface area contributed by atoms with E-state index >= 15 is 0 Å². The molecule has 3 aromatic rings. The number of amides is 1. The third-order valence-electron chi connectivity index (χ3n) is 3.44. The summed E-state index contributed by atoms with van der Waals surface area (Å²) < 4.78 is 1.24. The Hall–Kier alpha value is -2.20. The predicted molar refractivity (Wildman–Crippen MR) is 92.2 cm³/mol. The maximum Gasteiger partial charge on any atom is 0.224 e. The van der Waals surface area contributed by atoms with E-state index < -0.39 is 0 Å². The summed E-state index contributed by atoms with van der Waals surface area (Å²) in [6.07, 6.45) is 3.37. The zero-order valence-electron chi connectivity index (χ0n) is 12.3. The van der Waals surface area contributed by atoms with E-state index in [2.05, 4.69) is 16.4 Å². The van der Waals surface area contributed by atoms with Gasteiger partial charge in [-0.05, 0) is 43.5 Å². The highest BCUT2D eigenvalue weighted by atomic mass is 32.1. The molecular weight excluding hydrogens is 292 g/mol. The number of hydrogen-bond donors (Lipinski definition) is 1. The first kappa shape index (κ1) is 14.7. The Kier molecular flexibility index (Phi) is 4.81. The van der Waals surface area contributed by atoms with Gasteiger partial charge in [-0.3, -0.25) is 4.79 Å². The fraction of sp³-hybridized carbons (Fsp3) is 0.222. The van der Waals surface area contributed by atoms with Gasteiger partial charge in [0.15, 0.2) is 0 Å². The van der Waals surface area contributed by atoms with Gasteiger partial charge in [-0.1, -0.05) is 30.3 Å². The second-order valence-electron chi connectivity index (χ2n) is 5.20. The number of unbranched alkanes of at least 4 members (excludes halogenated alkanes) is 1. The molecule has 2 aromatic carbocycles. The van der Waals surface area contributed by atoms with E-state index in [9.17, 15) is 4.79 Å². The Bertz CT molecular complexity index is 719. The minimum absolute atomic E-state index is 0.0792. The number of benzene rings is 2. The van der Waals surface area contributed by atoms with Crippen molar-refractivity contribution in [3.8, 4) is 0 Å². The van der Waals surface area contributed by atoms with Gasteiger partial charge in [0.2, 0.25) is 5.91 Å². The van der Waals surface area contributed by atoms with E-state index in [-0.39, 0.29) is 5.91 Å². The molecule has 1 N–H and O–H groups in total. The smallest absolute Gasteiger partial charge is 0.224 e. The molecule has 0 saturated carbocycles. The first-order valence-electron chi connectivity index (χ1n) is 7.50. The second-order valence-corrected chi connectivity index (χ2v) is 6.31. The summed E-state index contributed by atoms with van der Waals surface area (Å²) in [5, 5.41) is 4.07. The predicted octanol–water partition coefficient (Wildman–Crippen LogP) is 4.65. The summed E-state index contributed by atoms with van der Waals surface area (Å²) in [6, 6.07) is 17.8. The number of aromatic nitrogens is 1. The molecular formula is C18H18N2OS. The van der Waals surface area contributed by atoms with Crippen LogP contribution in [0.25, 0.3) is 10.2 Å². The van der Waals surface area contributed by atoms with E-state index in [1.165, 1.54) is 4.70 Å². The highest BCUT2D eigenvalue weighted by Crippen LogP contribution is 2.22. The lowest BCUT2D eigenvalue weighted by molar-refractivity contribution is -0.116. The lowest BCUT2D eigenvalue weighted by Gasteiger charge is -2.04. The van der Waals surface area contributed by atoms with Crippen molar-refractivity contribution in [3.05, 3.63) is 59.6 Å². The van der Waals surface area contributed by atoms with Gasteiger partial charge in [0.1, 0.15) is 0 Å². The average Bonchev–Trinajstić information content (AvgIpc) is 2.95. The summed E-state index contributed by atoms with van der Waals surface area (Å²) in [5.74, 6) is 0.0792. The molecule has 1 aromatic heterocycles. The van der Waals surface area contributed by atoms with Gasteiger partial charge in [0.05, 0.1) is 15.2 Å². The van der Waals surface area contributed by atoms with Crippen molar-refractivity contribution in [2.24, 2.45) is 0 Å². The Labute approximate surface area is 134 Å². The summed E-state index contributed by atoms with van der Waals surface area (Å²) in [4.78, 5) is 16.5. The third-order valence-corrected chi connectivity index (χ3v) is 4.54. The fourth-order valence-electron chi connectivity index (χ4n) is 2.33. The number of thiazole rings is 1. The maximum atomic E-state index is 11.8. The van der Waals surface area contributed by atoms with Crippen LogP contribution in [0.1, 0.15) is 24.3 Å². The number of carbonyl (C=O) groups is 1. The molecule has 0 unspecified atom stereocenters. The summed E-state index contributed by atoms with van der Waals surface area (Å²) in [6.45, 7) is 0. The van der Waals surface area contributed by atoms with Crippen molar-refractivity contribution >= 4 is 33.1 Å². The van der Waals surface area contributed by atoms with Crippen LogP contribution < -0.4 is 5.32 Å². The first-order valence-corrected chi connectivity index (χ1v) is 8.32. The van der Waals surface area contributed by atoms with Crippen molar-refractivity contribution in [2.45, 2.75) is 25.7 Å². The lowest BCUT2D eigenvalue weighted by Crippen LogP contribution is -2.10. The summed E-state index contributed by atoms with van der Waals surface area (Å²) in [7, 11) is 0. The SMILES string of the molecule is O=C(CCCCc1nc2ccccc2s1)Nc1ccccc1. The van der Waals surface area contributed by atoms with Crippen molar-refractivity contribution in [1.82, 2.24) is 4.98 Å². The van der Waals surface area contributed by atoms with Gasteiger partial charge in [0, 0.05) is 12.1 Å². The van der Waals surface area contributed by atoms with Crippen LogP contribution in [0.2, 0.25) is 0 Å². The van der Waals surface area contributed by atoms with Crippen LogP contribution in [0.5, 0.6) is 0 Å². The summed E-state index contributed by atoms with van der Waals surface area (Å²) in [5.41, 5.74) is 1.93. The topological polar surface area (TPSA) is 42.0 Å². The number of nitrogens with zero attached hydrogens (tertiary/aromatic N) is 1. The van der Waals surface area contributed by atoms with Crippen LogP contribution >= 0.6 is 11.3 Å². The van der Waals surface area contributed by atoms with E-state index in [0.717, 1.165) is 35.5 Å². The van der Waals surface area contributed by atoms with Crippen molar-refractivity contribution in [1.29, 1.82) is 0 Å². The number of para-hydroxylation sites is 2. The molecule has 0 spiro atoms. The van der Waals surface area contributed by atoms with Crippen molar-refractivity contribution in [3.63, 3.8) is 0 Å². The van der Waals surface area contributed by atoms with Gasteiger partial charge in [-0.2, -0.15) is 0 Å². The molecule has 0 aliphatic heterocycles. The largest absolute Gasteiger partial charge is 0.326 e. The Morgan fingerprint density at radius 1 is 1.00 bits per heavy atom. The van der Waals surface area contributed by atoms with Gasteiger partial charge in [0.25, 0.3) is 0 Å². The third kappa shape index (κ3) is 3.92. The van der Waals surface area contributed by atoms with Gasteiger partial charge in [-0.15, -0.1) is 11.3 Å². The zero-order valence-corrected chi connectivity index (χ0v) is 13.1. The minimum atomic E-state index is 0.0792. The monoisotopic (exact) mass is 310 g/mol. The average molecular weight is 310 g/mol. The molecule has 0 aliphatic rings. The molecule has 112 valence electrons. The van der Waals surface area contributed by atoms with Gasteiger partial charge in [-0.25, -0.2) is 4.98 Å². The van der Waals surface area contributed by atoms with Crippen LogP contribution in [0.3, 0.4) is 0 Å². The number of carbonyl (C=O) groups excluding carboxylic acids is 1. The van der Waals surface area contributed by atoms with Crippen LogP contribution in [-0.2, 0) is 11.2 Å². The van der Waals surface area contributed by atoms with Crippen molar-refractivity contribution < 1.29 is 4.79 Å².